The summed E-state index contributed by atoms with van der Waals surface area (Å²) in [5.41, 5.74) is 3.87. The van der Waals surface area contributed by atoms with Gasteiger partial charge >= 0.3 is 0 Å². The summed E-state index contributed by atoms with van der Waals surface area (Å²) in [5.74, 6) is 0.0175. The van der Waals surface area contributed by atoms with Crippen molar-refractivity contribution in [1.82, 2.24) is 5.32 Å². The second-order valence-corrected chi connectivity index (χ2v) is 6.21. The lowest BCUT2D eigenvalue weighted by atomic mass is 10.1. The van der Waals surface area contributed by atoms with E-state index in [4.69, 9.17) is 10.00 Å². The van der Waals surface area contributed by atoms with Crippen molar-refractivity contribution in [3.63, 3.8) is 0 Å². The molecule has 0 spiro atoms. The molecule has 0 fully saturated rings. The number of nitriles is 1. The molecule has 0 aromatic heterocycles. The molecular formula is C21H24N2O2. The van der Waals surface area contributed by atoms with Crippen LogP contribution in [0.3, 0.4) is 0 Å². The van der Waals surface area contributed by atoms with Gasteiger partial charge in [0, 0.05) is 13.0 Å². The summed E-state index contributed by atoms with van der Waals surface area (Å²) in [5, 5.41) is 11.8. The smallest absolute Gasteiger partial charge is 0.220 e. The molecule has 0 bridgehead atoms. The molecule has 0 unspecified atom stereocenters. The van der Waals surface area contributed by atoms with Gasteiger partial charge in [0.15, 0.2) is 0 Å². The van der Waals surface area contributed by atoms with Gasteiger partial charge in [-0.3, -0.25) is 4.79 Å². The summed E-state index contributed by atoms with van der Waals surface area (Å²) in [4.78, 5) is 12.1. The minimum atomic E-state index is 0.0175. The molecule has 0 saturated carbocycles. The molecule has 4 nitrogen and oxygen atoms in total. The Kier molecular flexibility index (Phi) is 7.18. The number of nitrogens with one attached hydrogen (secondary N) is 1. The number of aryl methyl sites for hydroxylation is 1. The lowest BCUT2D eigenvalue weighted by molar-refractivity contribution is -0.121. The van der Waals surface area contributed by atoms with Gasteiger partial charge in [-0.25, -0.2) is 0 Å². The van der Waals surface area contributed by atoms with E-state index in [9.17, 15) is 4.79 Å². The predicted molar refractivity (Wildman–Crippen MR) is 97.7 cm³/mol. The molecule has 1 N–H and O–H groups in total. The zero-order valence-electron chi connectivity index (χ0n) is 14.8. The topological polar surface area (TPSA) is 62.1 Å². The van der Waals surface area contributed by atoms with E-state index in [0.29, 0.717) is 31.6 Å². The van der Waals surface area contributed by atoms with Crippen molar-refractivity contribution in [2.45, 2.75) is 45.9 Å². The van der Waals surface area contributed by atoms with Crippen LogP contribution < -0.4 is 5.32 Å². The monoisotopic (exact) mass is 336 g/mol. The maximum Gasteiger partial charge on any atom is 0.220 e. The van der Waals surface area contributed by atoms with Crippen molar-refractivity contribution >= 4 is 5.91 Å². The molecule has 130 valence electrons. The largest absolute Gasteiger partial charge is 0.374 e. The molecule has 1 amide bonds. The Bertz CT molecular complexity index is 730. The van der Waals surface area contributed by atoms with Crippen molar-refractivity contribution in [2.75, 3.05) is 0 Å². The minimum absolute atomic E-state index is 0.0175. The van der Waals surface area contributed by atoms with Gasteiger partial charge in [-0.05, 0) is 49.1 Å². The van der Waals surface area contributed by atoms with Crippen molar-refractivity contribution in [2.24, 2.45) is 0 Å². The van der Waals surface area contributed by atoms with Crippen molar-refractivity contribution < 1.29 is 9.53 Å². The molecule has 2 aromatic carbocycles. The first kappa shape index (κ1) is 18.7. The zero-order chi connectivity index (χ0) is 18.1. The average molecular weight is 336 g/mol. The fourth-order valence-electron chi connectivity index (χ4n) is 2.41. The quantitative estimate of drug-likeness (QED) is 0.799. The van der Waals surface area contributed by atoms with Gasteiger partial charge in [0.05, 0.1) is 24.3 Å². The molecule has 0 aliphatic carbocycles. The maximum absolute atomic E-state index is 12.1. The van der Waals surface area contributed by atoms with Crippen molar-refractivity contribution in [1.29, 1.82) is 5.26 Å². The molecular weight excluding hydrogens is 312 g/mol. The van der Waals surface area contributed by atoms with Crippen LogP contribution in [0.15, 0.2) is 48.5 Å². The Morgan fingerprint density at radius 3 is 2.44 bits per heavy atom. The number of hydrogen-bond donors (Lipinski definition) is 1. The average Bonchev–Trinajstić information content (AvgIpc) is 2.64. The third kappa shape index (κ3) is 6.40. The number of rotatable bonds is 8. The number of benzene rings is 2. The summed E-state index contributed by atoms with van der Waals surface area (Å²) in [6, 6.07) is 17.4. The number of hydrogen-bond acceptors (Lipinski definition) is 3. The lowest BCUT2D eigenvalue weighted by Crippen LogP contribution is -2.23. The van der Waals surface area contributed by atoms with Crippen LogP contribution >= 0.6 is 0 Å². The third-order valence-electron chi connectivity index (χ3n) is 3.89. The Balaban J connectivity index is 1.82. The first-order valence-corrected chi connectivity index (χ1v) is 8.52. The molecule has 4 heteroatoms. The van der Waals surface area contributed by atoms with E-state index in [0.717, 1.165) is 16.7 Å². The zero-order valence-corrected chi connectivity index (χ0v) is 14.8. The van der Waals surface area contributed by atoms with Crippen LogP contribution in [-0.2, 0) is 29.1 Å². The number of nitrogens with zero attached hydrogens (tertiary/aromatic N) is 1. The lowest BCUT2D eigenvalue weighted by Gasteiger charge is -2.13. The highest BCUT2D eigenvalue weighted by Gasteiger charge is 2.06. The molecule has 2 rings (SSSR count). The number of amides is 1. The molecule has 0 aliphatic heterocycles. The maximum atomic E-state index is 12.1. The second kappa shape index (κ2) is 9.61. The normalized spacial score (nSPS) is 10.5. The van der Waals surface area contributed by atoms with Gasteiger partial charge in [0.2, 0.25) is 5.91 Å². The van der Waals surface area contributed by atoms with E-state index in [-0.39, 0.29) is 12.0 Å². The molecule has 0 radical (unpaired) electrons. The fourth-order valence-corrected chi connectivity index (χ4v) is 2.41. The molecule has 0 heterocycles. The van der Waals surface area contributed by atoms with Crippen LogP contribution in [0.4, 0.5) is 0 Å². The molecule has 0 saturated heterocycles. The van der Waals surface area contributed by atoms with Gasteiger partial charge in [-0.2, -0.15) is 5.26 Å². The first-order chi connectivity index (χ1) is 12.1. The van der Waals surface area contributed by atoms with Gasteiger partial charge < -0.3 is 10.1 Å². The standard InChI is InChI=1S/C21H24N2O2/c1-16(2)25-15-20-6-4-3-5-19(20)14-23-21(24)12-11-17-7-9-18(13-22)10-8-17/h3-10,16H,11-12,14-15H2,1-2H3,(H,23,24). The van der Waals surface area contributed by atoms with Crippen LogP contribution in [-0.4, -0.2) is 12.0 Å². The van der Waals surface area contributed by atoms with Crippen LogP contribution in [0.1, 0.15) is 42.5 Å². The van der Waals surface area contributed by atoms with Crippen molar-refractivity contribution in [3.05, 3.63) is 70.8 Å². The highest BCUT2D eigenvalue weighted by atomic mass is 16.5. The minimum Gasteiger partial charge on any atom is -0.374 e. The fraction of sp³-hybridized carbons (Fsp3) is 0.333. The molecule has 0 atom stereocenters. The van der Waals surface area contributed by atoms with Crippen LogP contribution in [0.5, 0.6) is 0 Å². The van der Waals surface area contributed by atoms with E-state index in [1.165, 1.54) is 0 Å². The number of carbonyl (C=O) groups is 1. The Morgan fingerprint density at radius 1 is 1.12 bits per heavy atom. The summed E-state index contributed by atoms with van der Waals surface area (Å²) in [7, 11) is 0. The Hall–Kier alpha value is -2.64. The third-order valence-corrected chi connectivity index (χ3v) is 3.89. The van der Waals surface area contributed by atoms with E-state index >= 15 is 0 Å². The number of ether oxygens (including phenoxy) is 1. The van der Waals surface area contributed by atoms with Gasteiger partial charge in [-0.1, -0.05) is 36.4 Å². The number of carbonyl (C=O) groups excluding carboxylic acids is 1. The van der Waals surface area contributed by atoms with E-state index in [2.05, 4.69) is 11.4 Å². The highest BCUT2D eigenvalue weighted by molar-refractivity contribution is 5.76. The van der Waals surface area contributed by atoms with Gasteiger partial charge in [0.25, 0.3) is 0 Å². The summed E-state index contributed by atoms with van der Waals surface area (Å²) in [6.45, 7) is 5.07. The van der Waals surface area contributed by atoms with Crippen LogP contribution in [0.25, 0.3) is 0 Å². The van der Waals surface area contributed by atoms with Crippen LogP contribution in [0.2, 0.25) is 0 Å². The van der Waals surface area contributed by atoms with Crippen LogP contribution in [0, 0.1) is 11.3 Å². The SMILES string of the molecule is CC(C)OCc1ccccc1CNC(=O)CCc1ccc(C#N)cc1. The van der Waals surface area contributed by atoms with Gasteiger partial charge in [0.1, 0.15) is 0 Å². The van der Waals surface area contributed by atoms with Crippen molar-refractivity contribution in [3.8, 4) is 6.07 Å². The Morgan fingerprint density at radius 2 is 1.80 bits per heavy atom. The molecule has 25 heavy (non-hydrogen) atoms. The van der Waals surface area contributed by atoms with E-state index in [1.807, 2.05) is 50.2 Å². The van der Waals surface area contributed by atoms with Gasteiger partial charge in [-0.15, -0.1) is 0 Å². The predicted octanol–water partition coefficient (Wildman–Crippen LogP) is 3.73. The molecule has 2 aromatic rings. The molecule has 0 aliphatic rings. The second-order valence-electron chi connectivity index (χ2n) is 6.21. The summed E-state index contributed by atoms with van der Waals surface area (Å²) >= 11 is 0. The highest BCUT2D eigenvalue weighted by Crippen LogP contribution is 2.11. The summed E-state index contributed by atoms with van der Waals surface area (Å²) in [6.07, 6.45) is 1.27. The summed E-state index contributed by atoms with van der Waals surface area (Å²) < 4.78 is 5.66. The first-order valence-electron chi connectivity index (χ1n) is 8.52. The Labute approximate surface area is 149 Å². The van der Waals surface area contributed by atoms with E-state index < -0.39 is 0 Å². The van der Waals surface area contributed by atoms with E-state index in [1.54, 1.807) is 12.1 Å².